The maximum Gasteiger partial charge on any atom is 0.0883 e. The summed E-state index contributed by atoms with van der Waals surface area (Å²) in [6, 6.07) is 0. The molecule has 0 amide bonds. The van der Waals surface area contributed by atoms with Gasteiger partial charge >= 0.3 is 0 Å². The second-order valence-corrected chi connectivity index (χ2v) is 3.18. The van der Waals surface area contributed by atoms with Crippen LogP contribution in [0.3, 0.4) is 0 Å². The fraction of sp³-hybridized carbons (Fsp3) is 0.500. The molecule has 0 bridgehead atoms. The van der Waals surface area contributed by atoms with Gasteiger partial charge in [-0.2, -0.15) is 0 Å². The number of hydrogen-bond donors (Lipinski definition) is 2. The van der Waals surface area contributed by atoms with Crippen LogP contribution in [0.1, 0.15) is 6.42 Å². The van der Waals surface area contributed by atoms with E-state index in [1.54, 1.807) is 12.2 Å². The Kier molecular flexibility index (Phi) is 3.30. The minimum Gasteiger partial charge on any atom is -0.389 e. The molecule has 0 aromatic carbocycles. The van der Waals surface area contributed by atoms with E-state index >= 15 is 0 Å². The van der Waals surface area contributed by atoms with Crippen LogP contribution in [0.2, 0.25) is 0 Å². The minimum atomic E-state index is -0.446. The van der Waals surface area contributed by atoms with E-state index in [2.05, 4.69) is 15.9 Å². The highest BCUT2D eigenvalue weighted by Crippen LogP contribution is 2.14. The Labute approximate surface area is 74.4 Å². The zero-order valence-corrected chi connectivity index (χ0v) is 7.66. The zero-order valence-electron chi connectivity index (χ0n) is 6.07. The normalized spacial score (nSPS) is 26.5. The van der Waals surface area contributed by atoms with Crippen LogP contribution in [-0.2, 0) is 0 Å². The van der Waals surface area contributed by atoms with Gasteiger partial charge < -0.3 is 10.2 Å². The number of rotatable bonds is 2. The summed E-state index contributed by atoms with van der Waals surface area (Å²) in [7, 11) is 0. The van der Waals surface area contributed by atoms with E-state index in [0.717, 1.165) is 5.57 Å². The highest BCUT2D eigenvalue weighted by Gasteiger charge is 2.10. The van der Waals surface area contributed by atoms with Gasteiger partial charge in [-0.05, 0) is 12.0 Å². The minimum absolute atomic E-state index is 0.374. The van der Waals surface area contributed by atoms with Crippen LogP contribution in [0.25, 0.3) is 0 Å². The van der Waals surface area contributed by atoms with Gasteiger partial charge in [-0.3, -0.25) is 0 Å². The summed E-state index contributed by atoms with van der Waals surface area (Å²) in [6.45, 7) is 0. The van der Waals surface area contributed by atoms with Gasteiger partial charge in [0, 0.05) is 5.33 Å². The summed E-state index contributed by atoms with van der Waals surface area (Å²) in [6.07, 6.45) is 5.10. The van der Waals surface area contributed by atoms with Gasteiger partial charge in [0.2, 0.25) is 0 Å². The molecule has 0 aromatic heterocycles. The number of alkyl halides is 1. The molecule has 3 heteroatoms. The average molecular weight is 219 g/mol. The van der Waals surface area contributed by atoms with Crippen molar-refractivity contribution in [2.75, 3.05) is 5.33 Å². The lowest BCUT2D eigenvalue weighted by Crippen LogP contribution is -2.14. The van der Waals surface area contributed by atoms with Gasteiger partial charge in [-0.1, -0.05) is 34.2 Å². The second kappa shape index (κ2) is 4.04. The third-order valence-electron chi connectivity index (χ3n) is 1.64. The van der Waals surface area contributed by atoms with Crippen molar-refractivity contribution in [2.45, 2.75) is 18.6 Å². The SMILES string of the molecule is OC1C=CC(C(O)CBr)=CC1. The van der Waals surface area contributed by atoms with E-state index in [4.69, 9.17) is 5.11 Å². The number of hydrogen-bond acceptors (Lipinski definition) is 2. The Morgan fingerprint density at radius 1 is 1.73 bits per heavy atom. The van der Waals surface area contributed by atoms with Crippen molar-refractivity contribution >= 4 is 15.9 Å². The molecule has 62 valence electrons. The van der Waals surface area contributed by atoms with E-state index < -0.39 is 6.10 Å². The van der Waals surface area contributed by atoms with Crippen LogP contribution in [0.15, 0.2) is 23.8 Å². The predicted octanol–water partition coefficient (Wildman–Crippen LogP) is 0.989. The molecule has 0 radical (unpaired) electrons. The Morgan fingerprint density at radius 2 is 2.45 bits per heavy atom. The first-order valence-electron chi connectivity index (χ1n) is 3.54. The molecule has 0 aromatic rings. The fourth-order valence-electron chi connectivity index (χ4n) is 0.962. The summed E-state index contributed by atoms with van der Waals surface area (Å²) in [4.78, 5) is 0. The first-order valence-corrected chi connectivity index (χ1v) is 4.66. The van der Waals surface area contributed by atoms with Gasteiger partial charge in [0.1, 0.15) is 0 Å². The predicted molar refractivity (Wildman–Crippen MR) is 47.6 cm³/mol. The van der Waals surface area contributed by atoms with Gasteiger partial charge in [0.25, 0.3) is 0 Å². The Balaban J connectivity index is 2.55. The maximum absolute atomic E-state index is 9.32. The Bertz CT molecular complexity index is 187. The smallest absolute Gasteiger partial charge is 0.0883 e. The molecule has 1 aliphatic carbocycles. The molecule has 0 heterocycles. The third-order valence-corrected chi connectivity index (χ3v) is 2.25. The topological polar surface area (TPSA) is 40.5 Å². The molecule has 1 rings (SSSR count). The number of halogens is 1. The molecule has 0 saturated carbocycles. The fourth-order valence-corrected chi connectivity index (χ4v) is 1.34. The largest absolute Gasteiger partial charge is 0.389 e. The highest BCUT2D eigenvalue weighted by atomic mass is 79.9. The van der Waals surface area contributed by atoms with Crippen LogP contribution in [0.4, 0.5) is 0 Å². The van der Waals surface area contributed by atoms with Gasteiger partial charge in [0.15, 0.2) is 0 Å². The van der Waals surface area contributed by atoms with Gasteiger partial charge in [-0.25, -0.2) is 0 Å². The molecule has 2 nitrogen and oxygen atoms in total. The van der Waals surface area contributed by atoms with Crippen molar-refractivity contribution in [3.05, 3.63) is 23.8 Å². The van der Waals surface area contributed by atoms with E-state index in [-0.39, 0.29) is 6.10 Å². The molecule has 2 unspecified atom stereocenters. The van der Waals surface area contributed by atoms with Crippen molar-refractivity contribution < 1.29 is 10.2 Å². The molecular formula is C8H11BrO2. The Morgan fingerprint density at radius 3 is 2.91 bits per heavy atom. The lowest BCUT2D eigenvalue weighted by molar-refractivity contribution is 0.217. The molecule has 2 N–H and O–H groups in total. The molecule has 0 aliphatic heterocycles. The van der Waals surface area contributed by atoms with Crippen LogP contribution < -0.4 is 0 Å². The molecule has 2 atom stereocenters. The lowest BCUT2D eigenvalue weighted by atomic mass is 10.0. The summed E-state index contributed by atoms with van der Waals surface area (Å²) in [5.41, 5.74) is 0.882. The maximum atomic E-state index is 9.32. The molecule has 0 fully saturated rings. The van der Waals surface area contributed by atoms with Crippen molar-refractivity contribution in [2.24, 2.45) is 0 Å². The van der Waals surface area contributed by atoms with Crippen LogP contribution in [0, 0.1) is 0 Å². The standard InChI is InChI=1S/C8H11BrO2/c9-5-8(11)6-1-3-7(10)4-2-6/h1-3,7-8,10-11H,4-5H2. The summed E-state index contributed by atoms with van der Waals surface area (Å²) < 4.78 is 0. The molecule has 0 spiro atoms. The highest BCUT2D eigenvalue weighted by molar-refractivity contribution is 9.09. The monoisotopic (exact) mass is 218 g/mol. The molecule has 11 heavy (non-hydrogen) atoms. The first-order chi connectivity index (χ1) is 5.24. The van der Waals surface area contributed by atoms with Crippen molar-refractivity contribution in [3.8, 4) is 0 Å². The first kappa shape index (κ1) is 8.97. The number of aliphatic hydroxyl groups excluding tert-OH is 2. The second-order valence-electron chi connectivity index (χ2n) is 2.54. The molecule has 1 aliphatic rings. The van der Waals surface area contributed by atoms with Crippen LogP contribution in [-0.4, -0.2) is 27.8 Å². The summed E-state index contributed by atoms with van der Waals surface area (Å²) in [5, 5.41) is 18.9. The molecule has 0 saturated heterocycles. The Hall–Kier alpha value is -0.120. The van der Waals surface area contributed by atoms with Crippen LogP contribution >= 0.6 is 15.9 Å². The number of aliphatic hydroxyl groups is 2. The lowest BCUT2D eigenvalue weighted by Gasteiger charge is -2.14. The van der Waals surface area contributed by atoms with E-state index in [1.165, 1.54) is 0 Å². The van der Waals surface area contributed by atoms with Gasteiger partial charge in [0.05, 0.1) is 12.2 Å². The summed E-state index contributed by atoms with van der Waals surface area (Å²) in [5.74, 6) is 0. The molecular weight excluding hydrogens is 208 g/mol. The zero-order chi connectivity index (χ0) is 8.27. The summed E-state index contributed by atoms with van der Waals surface area (Å²) >= 11 is 3.18. The quantitative estimate of drug-likeness (QED) is 0.680. The van der Waals surface area contributed by atoms with Gasteiger partial charge in [-0.15, -0.1) is 0 Å². The van der Waals surface area contributed by atoms with Crippen molar-refractivity contribution in [1.29, 1.82) is 0 Å². The average Bonchev–Trinajstić information content (AvgIpc) is 2.05. The van der Waals surface area contributed by atoms with Crippen molar-refractivity contribution in [3.63, 3.8) is 0 Å². The van der Waals surface area contributed by atoms with Crippen molar-refractivity contribution in [1.82, 2.24) is 0 Å². The third kappa shape index (κ3) is 2.43. The van der Waals surface area contributed by atoms with E-state index in [0.29, 0.717) is 11.8 Å². The van der Waals surface area contributed by atoms with E-state index in [1.807, 2.05) is 6.08 Å². The van der Waals surface area contributed by atoms with Crippen LogP contribution in [0.5, 0.6) is 0 Å². The van der Waals surface area contributed by atoms with E-state index in [9.17, 15) is 5.11 Å².